The van der Waals surface area contributed by atoms with Crippen LogP contribution in [0.5, 0.6) is 0 Å². The highest BCUT2D eigenvalue weighted by molar-refractivity contribution is 5.69. The summed E-state index contributed by atoms with van der Waals surface area (Å²) in [6.45, 7) is 10.8. The minimum atomic E-state index is -0.456. The van der Waals surface area contributed by atoms with Gasteiger partial charge in [0.05, 0.1) is 7.11 Å². The Morgan fingerprint density at radius 3 is 2.52 bits per heavy atom. The second kappa shape index (κ2) is 6.94. The van der Waals surface area contributed by atoms with E-state index in [-0.39, 0.29) is 12.1 Å². The van der Waals surface area contributed by atoms with Crippen LogP contribution >= 0.6 is 0 Å². The van der Waals surface area contributed by atoms with Crippen LogP contribution in [-0.4, -0.2) is 42.8 Å². The summed E-state index contributed by atoms with van der Waals surface area (Å²) in [7, 11) is 1.61. The van der Waals surface area contributed by atoms with Crippen LogP contribution in [0.1, 0.15) is 32.8 Å². The van der Waals surface area contributed by atoms with Crippen molar-refractivity contribution in [2.45, 2.75) is 38.8 Å². The molecule has 1 aliphatic rings. The Morgan fingerprint density at radius 1 is 1.30 bits per heavy atom. The van der Waals surface area contributed by atoms with Crippen LogP contribution in [0.15, 0.2) is 30.8 Å². The lowest BCUT2D eigenvalue weighted by molar-refractivity contribution is 0.0293. The third kappa shape index (κ3) is 4.91. The molecule has 1 N–H and O–H groups in total. The molecule has 0 aromatic heterocycles. The molecular formula is C18H26N2O3. The van der Waals surface area contributed by atoms with E-state index >= 15 is 0 Å². The number of methoxy groups -OCH3 is 1. The molecule has 1 fully saturated rings. The second-order valence-corrected chi connectivity index (χ2v) is 6.76. The van der Waals surface area contributed by atoms with Crippen LogP contribution in [0.2, 0.25) is 0 Å². The van der Waals surface area contributed by atoms with Crippen LogP contribution in [0.3, 0.4) is 0 Å². The third-order valence-electron chi connectivity index (χ3n) is 3.66. The summed E-state index contributed by atoms with van der Waals surface area (Å²) in [5.41, 5.74) is 1.52. The number of ether oxygens (including phenoxy) is 2. The van der Waals surface area contributed by atoms with Crippen molar-refractivity contribution in [3.8, 4) is 0 Å². The van der Waals surface area contributed by atoms with Crippen molar-refractivity contribution in [1.29, 1.82) is 0 Å². The van der Waals surface area contributed by atoms with Crippen LogP contribution in [0.4, 0.5) is 10.5 Å². The van der Waals surface area contributed by atoms with E-state index in [0.717, 1.165) is 17.7 Å². The van der Waals surface area contributed by atoms with Gasteiger partial charge in [0.1, 0.15) is 11.4 Å². The second-order valence-electron chi connectivity index (χ2n) is 6.76. The first-order valence-corrected chi connectivity index (χ1v) is 7.86. The number of hydrogen-bond donors (Lipinski definition) is 1. The van der Waals surface area contributed by atoms with E-state index in [9.17, 15) is 4.79 Å². The Kier molecular flexibility index (Phi) is 5.19. The Bertz CT molecular complexity index is 561. The monoisotopic (exact) mass is 318 g/mol. The van der Waals surface area contributed by atoms with Gasteiger partial charge in [-0.05, 0) is 51.5 Å². The standard InChI is InChI=1S/C18H26N2O3/c1-13(22-5)14-6-8-15(9-7-14)19-16-10-11-20(12-16)17(21)23-18(2,3)4/h6-9,16,19H,1,10-12H2,2-5H3. The topological polar surface area (TPSA) is 50.8 Å². The number of amides is 1. The lowest BCUT2D eigenvalue weighted by atomic mass is 10.1. The molecule has 126 valence electrons. The summed E-state index contributed by atoms with van der Waals surface area (Å²) in [4.78, 5) is 13.8. The van der Waals surface area contributed by atoms with Gasteiger partial charge in [-0.25, -0.2) is 4.79 Å². The Labute approximate surface area is 138 Å². The molecule has 0 aliphatic carbocycles. The van der Waals surface area contributed by atoms with Crippen molar-refractivity contribution in [3.05, 3.63) is 36.4 Å². The van der Waals surface area contributed by atoms with Crippen molar-refractivity contribution in [2.75, 3.05) is 25.5 Å². The average Bonchev–Trinajstić information content (AvgIpc) is 2.94. The zero-order chi connectivity index (χ0) is 17.0. The van der Waals surface area contributed by atoms with Crippen LogP contribution < -0.4 is 5.32 Å². The Morgan fingerprint density at radius 2 is 1.96 bits per heavy atom. The lowest BCUT2D eigenvalue weighted by Gasteiger charge is -2.24. The van der Waals surface area contributed by atoms with Crippen molar-refractivity contribution >= 4 is 17.5 Å². The molecule has 5 nitrogen and oxygen atoms in total. The molecule has 1 amide bonds. The van der Waals surface area contributed by atoms with E-state index in [1.807, 2.05) is 45.0 Å². The van der Waals surface area contributed by atoms with Crippen molar-refractivity contribution in [3.63, 3.8) is 0 Å². The van der Waals surface area contributed by atoms with Crippen molar-refractivity contribution in [1.82, 2.24) is 4.90 Å². The molecule has 5 heteroatoms. The highest BCUT2D eigenvalue weighted by Crippen LogP contribution is 2.21. The van der Waals surface area contributed by atoms with E-state index < -0.39 is 5.60 Å². The van der Waals surface area contributed by atoms with E-state index in [2.05, 4.69) is 11.9 Å². The molecule has 0 saturated carbocycles. The lowest BCUT2D eigenvalue weighted by Crippen LogP contribution is -2.36. The summed E-state index contributed by atoms with van der Waals surface area (Å²) in [6.07, 6.45) is 0.666. The highest BCUT2D eigenvalue weighted by atomic mass is 16.6. The predicted octanol–water partition coefficient (Wildman–Crippen LogP) is 3.73. The van der Waals surface area contributed by atoms with Gasteiger partial charge < -0.3 is 19.7 Å². The van der Waals surface area contributed by atoms with Gasteiger partial charge in [-0.1, -0.05) is 6.58 Å². The first-order chi connectivity index (χ1) is 10.8. The number of nitrogens with zero attached hydrogens (tertiary/aromatic N) is 1. The van der Waals surface area contributed by atoms with Crippen LogP contribution in [-0.2, 0) is 9.47 Å². The van der Waals surface area contributed by atoms with Gasteiger partial charge in [-0.15, -0.1) is 0 Å². The van der Waals surface area contributed by atoms with Crippen molar-refractivity contribution < 1.29 is 14.3 Å². The first kappa shape index (κ1) is 17.2. The Hall–Kier alpha value is -2.17. The van der Waals surface area contributed by atoms with Crippen LogP contribution in [0.25, 0.3) is 5.76 Å². The first-order valence-electron chi connectivity index (χ1n) is 7.86. The number of carbonyl (C=O) groups is 1. The minimum absolute atomic E-state index is 0.235. The molecule has 1 heterocycles. The maximum Gasteiger partial charge on any atom is 0.410 e. The molecule has 1 aromatic carbocycles. The summed E-state index contributed by atoms with van der Waals surface area (Å²) in [5, 5.41) is 3.45. The number of anilines is 1. The number of carbonyl (C=O) groups excluding carboxylic acids is 1. The summed E-state index contributed by atoms with van der Waals surface area (Å²) in [5.74, 6) is 0.647. The largest absolute Gasteiger partial charge is 0.497 e. The van der Waals surface area contributed by atoms with E-state index in [4.69, 9.17) is 9.47 Å². The number of nitrogens with one attached hydrogen (secondary N) is 1. The quantitative estimate of drug-likeness (QED) is 0.860. The third-order valence-corrected chi connectivity index (χ3v) is 3.66. The fourth-order valence-electron chi connectivity index (χ4n) is 2.48. The van der Waals surface area contributed by atoms with Gasteiger partial charge in [0.15, 0.2) is 0 Å². The van der Waals surface area contributed by atoms with Gasteiger partial charge in [-0.2, -0.15) is 0 Å². The number of likely N-dealkylation sites (tertiary alicyclic amines) is 1. The number of benzene rings is 1. The molecule has 1 atom stereocenters. The molecule has 2 rings (SSSR count). The summed E-state index contributed by atoms with van der Waals surface area (Å²) >= 11 is 0. The van der Waals surface area contributed by atoms with E-state index in [0.29, 0.717) is 18.8 Å². The molecular weight excluding hydrogens is 292 g/mol. The number of rotatable bonds is 4. The minimum Gasteiger partial charge on any atom is -0.497 e. The zero-order valence-corrected chi connectivity index (χ0v) is 14.4. The summed E-state index contributed by atoms with van der Waals surface area (Å²) < 4.78 is 10.5. The SMILES string of the molecule is C=C(OC)c1ccc(NC2CCN(C(=O)OC(C)(C)C)C2)cc1. The normalized spacial score (nSPS) is 17.7. The highest BCUT2D eigenvalue weighted by Gasteiger charge is 2.29. The zero-order valence-electron chi connectivity index (χ0n) is 14.4. The fourth-order valence-corrected chi connectivity index (χ4v) is 2.48. The maximum atomic E-state index is 12.1. The molecule has 0 spiro atoms. The predicted molar refractivity (Wildman–Crippen MR) is 92.3 cm³/mol. The fraction of sp³-hybridized carbons (Fsp3) is 0.500. The van der Waals surface area contributed by atoms with E-state index in [1.165, 1.54) is 0 Å². The van der Waals surface area contributed by atoms with E-state index in [1.54, 1.807) is 12.0 Å². The van der Waals surface area contributed by atoms with Gasteiger partial charge in [0.2, 0.25) is 0 Å². The molecule has 1 aliphatic heterocycles. The molecule has 23 heavy (non-hydrogen) atoms. The molecule has 0 radical (unpaired) electrons. The van der Waals surface area contributed by atoms with Crippen LogP contribution in [0, 0.1) is 0 Å². The molecule has 1 unspecified atom stereocenters. The molecule has 1 saturated heterocycles. The summed E-state index contributed by atoms with van der Waals surface area (Å²) in [6, 6.07) is 8.16. The van der Waals surface area contributed by atoms with Gasteiger partial charge in [-0.3, -0.25) is 0 Å². The molecule has 0 bridgehead atoms. The number of hydrogen-bond acceptors (Lipinski definition) is 4. The van der Waals surface area contributed by atoms with Gasteiger partial charge in [0.25, 0.3) is 0 Å². The molecule has 1 aromatic rings. The smallest absolute Gasteiger partial charge is 0.410 e. The van der Waals surface area contributed by atoms with Crippen molar-refractivity contribution in [2.24, 2.45) is 0 Å². The van der Waals surface area contributed by atoms with Gasteiger partial charge >= 0.3 is 6.09 Å². The maximum absolute atomic E-state index is 12.1. The Balaban J connectivity index is 1.88. The van der Waals surface area contributed by atoms with Gasteiger partial charge in [0, 0.05) is 30.4 Å². The average molecular weight is 318 g/mol.